The normalized spacial score (nSPS) is 13.9. The van der Waals surface area contributed by atoms with E-state index in [1.165, 1.54) is 12.8 Å². The van der Waals surface area contributed by atoms with Gasteiger partial charge in [0, 0.05) is 19.6 Å². The number of nitrogens with zero attached hydrogens (tertiary/aromatic N) is 4. The van der Waals surface area contributed by atoms with Crippen LogP contribution in [-0.2, 0) is 0 Å². The quantitative estimate of drug-likeness (QED) is 0.510. The van der Waals surface area contributed by atoms with Gasteiger partial charge in [-0.3, -0.25) is 9.80 Å². The summed E-state index contributed by atoms with van der Waals surface area (Å²) in [5.41, 5.74) is 0. The van der Waals surface area contributed by atoms with E-state index < -0.39 is 0 Å². The molecule has 0 saturated heterocycles. The van der Waals surface area contributed by atoms with Crippen LogP contribution in [0.15, 0.2) is 0 Å². The molecule has 0 radical (unpaired) electrons. The minimum absolute atomic E-state index is 0.232. The third kappa shape index (κ3) is 10.2. The van der Waals surface area contributed by atoms with Gasteiger partial charge in [-0.05, 0) is 67.6 Å². The second kappa shape index (κ2) is 12.4. The summed E-state index contributed by atoms with van der Waals surface area (Å²) in [6.45, 7) is 7.73. The maximum absolute atomic E-state index is 9.19. The zero-order valence-electron chi connectivity index (χ0n) is 15.2. The van der Waals surface area contributed by atoms with Gasteiger partial charge in [-0.25, -0.2) is 0 Å². The Labute approximate surface area is 132 Å². The highest BCUT2D eigenvalue weighted by Crippen LogP contribution is 2.10. The van der Waals surface area contributed by atoms with Crippen molar-refractivity contribution in [3.63, 3.8) is 0 Å². The Bertz CT molecular complexity index is 222. The molecule has 21 heavy (non-hydrogen) atoms. The van der Waals surface area contributed by atoms with E-state index in [4.69, 9.17) is 0 Å². The van der Waals surface area contributed by atoms with Gasteiger partial charge in [0.2, 0.25) is 0 Å². The summed E-state index contributed by atoms with van der Waals surface area (Å²) < 4.78 is 0. The molecule has 5 heteroatoms. The van der Waals surface area contributed by atoms with Crippen molar-refractivity contribution in [1.29, 1.82) is 0 Å². The zero-order chi connectivity index (χ0) is 16.3. The molecule has 0 aliphatic carbocycles. The van der Waals surface area contributed by atoms with E-state index in [0.29, 0.717) is 6.17 Å². The monoisotopic (exact) mass is 302 g/mol. The lowest BCUT2D eigenvalue weighted by atomic mass is 10.2. The lowest BCUT2D eigenvalue weighted by Crippen LogP contribution is -2.48. The second-order valence-corrected chi connectivity index (χ2v) is 6.44. The van der Waals surface area contributed by atoms with Gasteiger partial charge in [0.15, 0.2) is 0 Å². The van der Waals surface area contributed by atoms with E-state index in [1.807, 2.05) is 0 Å². The maximum Gasteiger partial charge on any atom is 0.0618 e. The Kier molecular flexibility index (Phi) is 12.2. The summed E-state index contributed by atoms with van der Waals surface area (Å²) in [4.78, 5) is 9.36. The topological polar surface area (TPSA) is 33.2 Å². The van der Waals surface area contributed by atoms with Crippen molar-refractivity contribution in [3.8, 4) is 0 Å². The highest BCUT2D eigenvalue weighted by Gasteiger charge is 2.20. The zero-order valence-corrected chi connectivity index (χ0v) is 15.2. The van der Waals surface area contributed by atoms with Crippen molar-refractivity contribution >= 4 is 0 Å². The van der Waals surface area contributed by atoms with Gasteiger partial charge < -0.3 is 14.9 Å². The number of likely N-dealkylation sites (N-methyl/N-ethyl adjacent to an activating group) is 1. The molecule has 1 unspecified atom stereocenters. The minimum Gasteiger partial charge on any atom is -0.395 e. The van der Waals surface area contributed by atoms with E-state index in [0.717, 1.165) is 39.1 Å². The van der Waals surface area contributed by atoms with E-state index in [1.54, 1.807) is 0 Å². The van der Waals surface area contributed by atoms with Crippen LogP contribution in [0, 0.1) is 0 Å². The number of aliphatic hydroxyl groups excluding tert-OH is 1. The molecule has 5 nitrogen and oxygen atoms in total. The van der Waals surface area contributed by atoms with Crippen molar-refractivity contribution in [2.75, 3.05) is 74.6 Å². The molecule has 128 valence electrons. The van der Waals surface area contributed by atoms with Crippen LogP contribution in [0.25, 0.3) is 0 Å². The average Bonchev–Trinajstić information content (AvgIpc) is 2.38. The van der Waals surface area contributed by atoms with Crippen LogP contribution < -0.4 is 0 Å². The van der Waals surface area contributed by atoms with Crippen molar-refractivity contribution in [3.05, 3.63) is 0 Å². The molecule has 0 aromatic heterocycles. The lowest BCUT2D eigenvalue weighted by molar-refractivity contribution is 0.0419. The molecule has 0 amide bonds. The summed E-state index contributed by atoms with van der Waals surface area (Å²) in [7, 11) is 10.6. The van der Waals surface area contributed by atoms with Gasteiger partial charge in [-0.15, -0.1) is 0 Å². The first-order valence-electron chi connectivity index (χ1n) is 8.27. The van der Waals surface area contributed by atoms with Gasteiger partial charge in [0.1, 0.15) is 0 Å². The third-order valence-electron chi connectivity index (χ3n) is 3.85. The summed E-state index contributed by atoms with van der Waals surface area (Å²) in [6, 6.07) is 0. The lowest BCUT2D eigenvalue weighted by Gasteiger charge is -2.37. The van der Waals surface area contributed by atoms with Crippen molar-refractivity contribution in [2.24, 2.45) is 0 Å². The van der Waals surface area contributed by atoms with Crippen molar-refractivity contribution in [1.82, 2.24) is 19.6 Å². The first kappa shape index (κ1) is 20.8. The molecule has 0 aliphatic heterocycles. The van der Waals surface area contributed by atoms with Crippen molar-refractivity contribution < 1.29 is 5.11 Å². The summed E-state index contributed by atoms with van der Waals surface area (Å²) in [5, 5.41) is 9.19. The van der Waals surface area contributed by atoms with E-state index >= 15 is 0 Å². The maximum atomic E-state index is 9.19. The molecule has 0 fully saturated rings. The largest absolute Gasteiger partial charge is 0.395 e. The van der Waals surface area contributed by atoms with Gasteiger partial charge in [-0.2, -0.15) is 0 Å². The molecule has 0 aromatic carbocycles. The highest BCUT2D eigenvalue weighted by molar-refractivity contribution is 4.71. The summed E-state index contributed by atoms with van der Waals surface area (Å²) >= 11 is 0. The van der Waals surface area contributed by atoms with Gasteiger partial charge in [0.25, 0.3) is 0 Å². The third-order valence-corrected chi connectivity index (χ3v) is 3.85. The fourth-order valence-electron chi connectivity index (χ4n) is 2.75. The van der Waals surface area contributed by atoms with Gasteiger partial charge >= 0.3 is 0 Å². The Balaban J connectivity index is 4.49. The van der Waals surface area contributed by atoms with Crippen molar-refractivity contribution in [2.45, 2.75) is 32.4 Å². The first-order valence-corrected chi connectivity index (χ1v) is 8.27. The Hall–Kier alpha value is -0.200. The first-order chi connectivity index (χ1) is 9.92. The van der Waals surface area contributed by atoms with Crippen LogP contribution >= 0.6 is 0 Å². The van der Waals surface area contributed by atoms with Crippen LogP contribution in [0.4, 0.5) is 0 Å². The standard InChI is InChI=1S/C16H38N4O/c1-7-16(19(6)14-15-21)20(12-8-10-17(2)3)13-9-11-18(4)5/h16,21H,7-15H2,1-6H3. The smallest absolute Gasteiger partial charge is 0.0618 e. The molecule has 0 bridgehead atoms. The fraction of sp³-hybridized carbons (Fsp3) is 1.00. The van der Waals surface area contributed by atoms with Gasteiger partial charge in [0.05, 0.1) is 12.8 Å². The predicted octanol–water partition coefficient (Wildman–Crippen LogP) is 0.852. The molecule has 0 saturated carbocycles. The van der Waals surface area contributed by atoms with Crippen LogP contribution in [-0.4, -0.2) is 105 Å². The number of hydrogen-bond acceptors (Lipinski definition) is 5. The summed E-state index contributed by atoms with van der Waals surface area (Å²) in [5.74, 6) is 0. The van der Waals surface area contributed by atoms with E-state index in [-0.39, 0.29) is 6.61 Å². The highest BCUT2D eigenvalue weighted by atomic mass is 16.3. The number of rotatable bonds is 13. The average molecular weight is 303 g/mol. The van der Waals surface area contributed by atoms with E-state index in [2.05, 4.69) is 61.8 Å². The van der Waals surface area contributed by atoms with Crippen LogP contribution in [0.1, 0.15) is 26.2 Å². The second-order valence-electron chi connectivity index (χ2n) is 6.44. The molecule has 1 atom stereocenters. The molecular formula is C16H38N4O. The molecule has 0 spiro atoms. The SMILES string of the molecule is CCC(N(C)CCO)N(CCCN(C)C)CCCN(C)C. The summed E-state index contributed by atoms with van der Waals surface area (Å²) in [6.07, 6.45) is 3.92. The minimum atomic E-state index is 0.232. The number of aliphatic hydroxyl groups is 1. The molecular weight excluding hydrogens is 264 g/mol. The number of hydrogen-bond donors (Lipinski definition) is 1. The van der Waals surface area contributed by atoms with Crippen LogP contribution in [0.2, 0.25) is 0 Å². The van der Waals surface area contributed by atoms with Crippen LogP contribution in [0.5, 0.6) is 0 Å². The molecule has 0 heterocycles. The Morgan fingerprint density at radius 3 is 1.57 bits per heavy atom. The molecule has 0 aromatic rings. The molecule has 1 N–H and O–H groups in total. The van der Waals surface area contributed by atoms with E-state index in [9.17, 15) is 5.11 Å². The van der Waals surface area contributed by atoms with Gasteiger partial charge in [-0.1, -0.05) is 6.92 Å². The Morgan fingerprint density at radius 2 is 1.24 bits per heavy atom. The van der Waals surface area contributed by atoms with Crippen LogP contribution in [0.3, 0.4) is 0 Å². The molecule has 0 aliphatic rings. The molecule has 0 rings (SSSR count). The predicted molar refractivity (Wildman–Crippen MR) is 91.7 cm³/mol. The Morgan fingerprint density at radius 1 is 0.762 bits per heavy atom. The fourth-order valence-corrected chi connectivity index (χ4v) is 2.75.